The molecule has 0 aliphatic carbocycles. The van der Waals surface area contributed by atoms with Crippen LogP contribution in [0, 0.1) is 0 Å². The van der Waals surface area contributed by atoms with Gasteiger partial charge in [0, 0.05) is 117 Å². The van der Waals surface area contributed by atoms with E-state index in [1.165, 1.54) is 19.4 Å². The summed E-state index contributed by atoms with van der Waals surface area (Å²) in [6.07, 6.45) is 16.5. The van der Waals surface area contributed by atoms with Gasteiger partial charge in [-0.25, -0.2) is 4.79 Å². The summed E-state index contributed by atoms with van der Waals surface area (Å²) in [6, 6.07) is 69.6. The van der Waals surface area contributed by atoms with Crippen LogP contribution in [-0.4, -0.2) is 185 Å². The number of carbonyl (C=O) groups is 7. The molecular formula is C105H139N5O14S. The molecule has 3 aliphatic rings. The van der Waals surface area contributed by atoms with E-state index < -0.39 is 17.1 Å². The van der Waals surface area contributed by atoms with Crippen LogP contribution in [0.5, 0.6) is 5.75 Å². The van der Waals surface area contributed by atoms with Crippen LogP contribution in [0.2, 0.25) is 0 Å². The maximum Gasteiger partial charge on any atom is 0.365 e. The number of carbonyl (C=O) groups excluding carboxylic acids is 7. The molecule has 2 N–H and O–H groups in total. The number of likely N-dealkylation sites (N-methyl/N-ethyl adjacent to an activating group) is 1. The molecule has 1 atom stereocenters. The first-order valence-electron chi connectivity index (χ1n) is 44.6. The molecule has 8 aromatic carbocycles. The van der Waals surface area contributed by atoms with Crippen molar-refractivity contribution in [3.05, 3.63) is 263 Å². The molecule has 125 heavy (non-hydrogen) atoms. The molecular weight excluding hydrogens is 1590 g/mol. The van der Waals surface area contributed by atoms with Crippen LogP contribution in [0.3, 0.4) is 0 Å². The quantitative estimate of drug-likeness (QED) is 0.00928. The van der Waals surface area contributed by atoms with Crippen molar-refractivity contribution in [2.24, 2.45) is 5.16 Å². The SMILES string of the molecule is CC(C)(O)C(=O)c1ccc(OCCO)cc1.CCC(Cc1ccccc1)(C(=O)c1ccc(N2CCOCC2)cc1)N(C)C.CCCCCC/C(=N/OC(=O)c1ccccc1)C(=O)c1ccc(Sc2ccccc2)cc1.CN1C(C)(C)CC(OC(=O)CCCCCCCCC(=O)OC2CC(C)(C)N(C)C(C)(C)C2)CC1(C)C.O=C(c1ccccc1)c1ccccc1. The lowest BCUT2D eigenvalue weighted by molar-refractivity contribution is -0.160. The van der Waals surface area contributed by atoms with E-state index in [1.54, 1.807) is 72.4 Å². The maximum absolute atomic E-state index is 13.6. The second-order valence-electron chi connectivity index (χ2n) is 35.9. The van der Waals surface area contributed by atoms with E-state index in [4.69, 9.17) is 28.9 Å². The first kappa shape index (κ1) is 102. The van der Waals surface area contributed by atoms with Crippen molar-refractivity contribution < 1.29 is 67.6 Å². The Labute approximate surface area is 749 Å². The second kappa shape index (κ2) is 50.5. The lowest BCUT2D eigenvalue weighted by Crippen LogP contribution is -2.60. The van der Waals surface area contributed by atoms with Gasteiger partial charge in [0.05, 0.1) is 30.9 Å². The average molecular weight is 1730 g/mol. The Kier molecular flexibility index (Phi) is 41.4. The zero-order chi connectivity index (χ0) is 91.2. The fraction of sp³-hybridized carbons (Fsp3) is 0.467. The third kappa shape index (κ3) is 33.2. The zero-order valence-corrected chi connectivity index (χ0v) is 77.9. The van der Waals surface area contributed by atoms with Crippen molar-refractivity contribution in [2.45, 2.75) is 260 Å². The van der Waals surface area contributed by atoms with Gasteiger partial charge in [-0.3, -0.25) is 43.5 Å². The average Bonchev–Trinajstić information content (AvgIpc) is 0.777. The summed E-state index contributed by atoms with van der Waals surface area (Å²) in [4.78, 5) is 104. The number of aliphatic hydroxyl groups is 2. The predicted molar refractivity (Wildman–Crippen MR) is 503 cm³/mol. The molecule has 1 unspecified atom stereocenters. The van der Waals surface area contributed by atoms with Crippen molar-refractivity contribution in [1.29, 1.82) is 0 Å². The number of hydrogen-bond donors (Lipinski definition) is 2. The van der Waals surface area contributed by atoms with Crippen LogP contribution < -0.4 is 9.64 Å². The first-order chi connectivity index (χ1) is 59.5. The monoisotopic (exact) mass is 1730 g/mol. The highest BCUT2D eigenvalue weighted by Crippen LogP contribution is 2.40. The molecule has 19 nitrogen and oxygen atoms in total. The second-order valence-corrected chi connectivity index (χ2v) is 37.0. The zero-order valence-electron chi connectivity index (χ0n) is 77.1. The number of Topliss-reactive ketones (excluding diaryl/α,β-unsaturated/α-hetero) is 3. The molecule has 674 valence electrons. The fourth-order valence-corrected chi connectivity index (χ4v) is 16.9. The van der Waals surface area contributed by atoms with E-state index >= 15 is 0 Å². The Balaban J connectivity index is 0.000000223. The van der Waals surface area contributed by atoms with Gasteiger partial charge in [0.15, 0.2) is 17.3 Å². The van der Waals surface area contributed by atoms with Gasteiger partial charge in [0.2, 0.25) is 5.78 Å². The highest BCUT2D eigenvalue weighted by molar-refractivity contribution is 7.99. The number of rotatable bonds is 36. The summed E-state index contributed by atoms with van der Waals surface area (Å²) in [5.41, 5.74) is 4.43. The molecule has 3 fully saturated rings. The number of hydrogen-bond acceptors (Lipinski definition) is 20. The number of nitrogens with zero attached hydrogens (tertiary/aromatic N) is 5. The normalized spacial score (nSPS) is 16.1. The van der Waals surface area contributed by atoms with Crippen LogP contribution in [0.1, 0.15) is 262 Å². The van der Waals surface area contributed by atoms with E-state index in [0.717, 1.165) is 155 Å². The standard InChI is InChI=1S/C30H56N2O4.C27H27NO3S.C23H30N2O2.C13H10O.C12H16O4/c1-27(2)19-23(20-28(3,4)31(27)9)35-25(33)17-15-13-11-12-14-16-18-26(34)36-24-21-29(5,6)32(10)30(7,8)22-24;1-2-3-4-11-16-25(28-31-27(30)22-12-7-5-8-13-22)26(29)21-17-19-24(20-18-21)32-23-14-9-6-10-15-23;1-4-23(24(2)3,18-19-8-6-5-7-9-19)22(26)20-10-12-21(13-11-20)25-14-16-27-17-15-25;14-13(11-7-3-1-4-8-11)12-9-5-2-6-10-12;1-12(2,15)11(14)9-3-5-10(6-4-9)16-8-7-13/h23-24H,11-22H2,1-10H3;5-10,12-15,17-20H,2-4,11,16H2,1H3;5-13H,4,14-18H2,1-3H3;1-10H;3-6,13,15H,7-8H2,1-2H3/b;28-25-;;;. The molecule has 20 heteroatoms. The number of piperidine rings is 2. The number of likely N-dealkylation sites (tertiary alicyclic amines) is 2. The molecule has 3 aliphatic heterocycles. The smallest absolute Gasteiger partial charge is 0.365 e. The number of anilines is 1. The molecule has 0 spiro atoms. The Bertz CT molecular complexity index is 4470. The fourth-order valence-electron chi connectivity index (χ4n) is 16.0. The van der Waals surface area contributed by atoms with E-state index in [1.807, 2.05) is 154 Å². The maximum atomic E-state index is 13.6. The van der Waals surface area contributed by atoms with Crippen molar-refractivity contribution >= 4 is 64.2 Å². The number of aliphatic hydroxyl groups excluding tert-OH is 1. The van der Waals surface area contributed by atoms with Crippen LogP contribution in [0.25, 0.3) is 0 Å². The molecule has 0 radical (unpaired) electrons. The van der Waals surface area contributed by atoms with E-state index in [9.17, 15) is 38.7 Å². The minimum Gasteiger partial charge on any atom is -0.491 e. The first-order valence-corrected chi connectivity index (χ1v) is 45.4. The van der Waals surface area contributed by atoms with Crippen LogP contribution >= 0.6 is 11.8 Å². The predicted octanol–water partition coefficient (Wildman–Crippen LogP) is 21.3. The number of ether oxygens (including phenoxy) is 4. The molecule has 0 aromatic heterocycles. The summed E-state index contributed by atoms with van der Waals surface area (Å²) in [5.74, 6) is -0.378. The van der Waals surface area contributed by atoms with Gasteiger partial charge < -0.3 is 38.9 Å². The molecule has 0 saturated carbocycles. The Hall–Kier alpha value is -9.77. The van der Waals surface area contributed by atoms with Gasteiger partial charge in [0.25, 0.3) is 0 Å². The van der Waals surface area contributed by atoms with Gasteiger partial charge in [-0.15, -0.1) is 0 Å². The highest BCUT2D eigenvalue weighted by atomic mass is 32.2. The lowest BCUT2D eigenvalue weighted by atomic mass is 9.78. The number of benzene rings is 8. The summed E-state index contributed by atoms with van der Waals surface area (Å²) in [7, 11) is 8.34. The highest BCUT2D eigenvalue weighted by Gasteiger charge is 2.46. The van der Waals surface area contributed by atoms with Crippen LogP contribution in [-0.2, 0) is 35.1 Å². The largest absolute Gasteiger partial charge is 0.491 e. The Morgan fingerprint density at radius 2 is 0.888 bits per heavy atom. The lowest BCUT2D eigenvalue weighted by Gasteiger charge is -2.53. The molecule has 3 saturated heterocycles. The van der Waals surface area contributed by atoms with Gasteiger partial charge in [0.1, 0.15) is 35.9 Å². The number of morpholine rings is 1. The van der Waals surface area contributed by atoms with Crippen molar-refractivity contribution in [2.75, 3.05) is 72.6 Å². The van der Waals surface area contributed by atoms with Crippen LogP contribution in [0.15, 0.2) is 239 Å². The van der Waals surface area contributed by atoms with Crippen LogP contribution in [0.4, 0.5) is 5.69 Å². The van der Waals surface area contributed by atoms with Gasteiger partial charge in [-0.2, -0.15) is 0 Å². The van der Waals surface area contributed by atoms with Crippen molar-refractivity contribution in [3.63, 3.8) is 0 Å². The van der Waals surface area contributed by atoms with E-state index in [2.05, 4.69) is 132 Å². The Morgan fingerprint density at radius 3 is 1.33 bits per heavy atom. The molecule has 8 aromatic rings. The minimum atomic E-state index is -1.37. The molecule has 0 bridgehead atoms. The van der Waals surface area contributed by atoms with Gasteiger partial charge in [-0.05, 0) is 239 Å². The van der Waals surface area contributed by atoms with E-state index in [-0.39, 0.29) is 88.4 Å². The summed E-state index contributed by atoms with van der Waals surface area (Å²) < 4.78 is 22.3. The third-order valence-electron chi connectivity index (χ3n) is 23.8. The van der Waals surface area contributed by atoms with E-state index in [0.29, 0.717) is 48.1 Å². The summed E-state index contributed by atoms with van der Waals surface area (Å²) in [5, 5.41) is 22.1. The van der Waals surface area contributed by atoms with Crippen molar-refractivity contribution in [3.8, 4) is 5.75 Å². The summed E-state index contributed by atoms with van der Waals surface area (Å²) >= 11 is 1.64. The summed E-state index contributed by atoms with van der Waals surface area (Å²) in [6.45, 7) is 28.4. The number of ketones is 4. The molecule has 3 heterocycles. The molecule has 0 amide bonds. The number of unbranched alkanes of at least 4 members (excludes halogenated alkanes) is 8. The van der Waals surface area contributed by atoms with Gasteiger partial charge >= 0.3 is 17.9 Å². The third-order valence-corrected chi connectivity index (χ3v) is 24.9. The minimum absolute atomic E-state index is 0.00474. The Morgan fingerprint density at radius 1 is 0.488 bits per heavy atom. The number of oxime groups is 1. The van der Waals surface area contributed by atoms with Gasteiger partial charge in [-0.1, -0.05) is 203 Å². The number of esters is 2. The van der Waals surface area contributed by atoms with Crippen molar-refractivity contribution in [1.82, 2.24) is 14.7 Å². The topological polar surface area (TPSA) is 231 Å². The molecule has 11 rings (SSSR count).